The van der Waals surface area contributed by atoms with Crippen LogP contribution in [0.15, 0.2) is 22.7 Å². The number of rotatable bonds is 2. The van der Waals surface area contributed by atoms with Gasteiger partial charge in [-0.1, -0.05) is 36.2 Å². The summed E-state index contributed by atoms with van der Waals surface area (Å²) >= 11 is 3.52. The van der Waals surface area contributed by atoms with Gasteiger partial charge < -0.3 is 5.32 Å². The van der Waals surface area contributed by atoms with Gasteiger partial charge in [0.2, 0.25) is 0 Å². The van der Waals surface area contributed by atoms with Crippen molar-refractivity contribution in [1.29, 1.82) is 0 Å². The van der Waals surface area contributed by atoms with Crippen LogP contribution < -0.4 is 5.32 Å². The van der Waals surface area contributed by atoms with Crippen LogP contribution in [0.3, 0.4) is 0 Å². The third kappa shape index (κ3) is 3.04. The number of benzene rings is 1. The van der Waals surface area contributed by atoms with Crippen molar-refractivity contribution >= 4 is 21.6 Å². The lowest BCUT2D eigenvalue weighted by molar-refractivity contribution is 0.268. The van der Waals surface area contributed by atoms with Gasteiger partial charge in [0, 0.05) is 16.2 Å². The van der Waals surface area contributed by atoms with Crippen LogP contribution in [0.4, 0.5) is 5.69 Å². The zero-order valence-corrected chi connectivity index (χ0v) is 12.5. The maximum atomic E-state index is 3.76. The van der Waals surface area contributed by atoms with E-state index in [9.17, 15) is 0 Å². The maximum absolute atomic E-state index is 3.76. The van der Waals surface area contributed by atoms with E-state index in [4.69, 9.17) is 0 Å². The fourth-order valence-electron chi connectivity index (χ4n) is 2.93. The Morgan fingerprint density at radius 2 is 1.82 bits per heavy atom. The van der Waals surface area contributed by atoms with Crippen LogP contribution in [0.25, 0.3) is 0 Å². The highest BCUT2D eigenvalue weighted by molar-refractivity contribution is 9.10. The summed E-state index contributed by atoms with van der Waals surface area (Å²) in [4.78, 5) is 0. The van der Waals surface area contributed by atoms with E-state index < -0.39 is 0 Å². The normalized spacial score (nSPS) is 29.1. The smallest absolute Gasteiger partial charge is 0.0373 e. The predicted octanol–water partition coefficient (Wildman–Crippen LogP) is 4.99. The van der Waals surface area contributed by atoms with Crippen LogP contribution in [-0.4, -0.2) is 6.04 Å². The quantitative estimate of drug-likeness (QED) is 0.810. The van der Waals surface area contributed by atoms with Crippen LogP contribution in [0.5, 0.6) is 0 Å². The molecule has 1 saturated carbocycles. The van der Waals surface area contributed by atoms with Crippen LogP contribution in [0, 0.1) is 18.8 Å². The molecule has 0 radical (unpaired) electrons. The zero-order chi connectivity index (χ0) is 12.4. The Hall–Kier alpha value is -0.500. The van der Waals surface area contributed by atoms with Gasteiger partial charge in [-0.15, -0.1) is 0 Å². The minimum atomic E-state index is 0.628. The lowest BCUT2D eigenvalue weighted by atomic mass is 9.78. The van der Waals surface area contributed by atoms with Crippen LogP contribution in [-0.2, 0) is 0 Å². The average molecular weight is 296 g/mol. The molecule has 1 aromatic carbocycles. The first-order valence-electron chi connectivity index (χ1n) is 6.60. The summed E-state index contributed by atoms with van der Waals surface area (Å²) in [5.41, 5.74) is 2.61. The molecule has 1 aromatic rings. The molecule has 2 heteroatoms. The molecule has 0 spiro atoms. The molecular formula is C15H22BrN. The second-order valence-corrected chi connectivity index (χ2v) is 6.43. The van der Waals surface area contributed by atoms with Crippen LogP contribution in [0.2, 0.25) is 0 Å². The molecule has 1 nitrogen and oxygen atoms in total. The Balaban J connectivity index is 2.13. The lowest BCUT2D eigenvalue weighted by Gasteiger charge is -2.36. The van der Waals surface area contributed by atoms with Gasteiger partial charge in [-0.3, -0.25) is 0 Å². The van der Waals surface area contributed by atoms with Crippen LogP contribution in [0.1, 0.15) is 38.7 Å². The summed E-state index contributed by atoms with van der Waals surface area (Å²) in [7, 11) is 0. The minimum absolute atomic E-state index is 0.628. The molecule has 17 heavy (non-hydrogen) atoms. The summed E-state index contributed by atoms with van der Waals surface area (Å²) in [5.74, 6) is 1.56. The number of halogens is 1. The highest BCUT2D eigenvalue weighted by Gasteiger charge is 2.27. The molecule has 2 rings (SSSR count). The monoisotopic (exact) mass is 295 g/mol. The van der Waals surface area contributed by atoms with E-state index >= 15 is 0 Å². The average Bonchev–Trinajstić information content (AvgIpc) is 2.26. The Morgan fingerprint density at radius 3 is 2.41 bits per heavy atom. The number of aryl methyl sites for hydroxylation is 1. The third-order valence-corrected chi connectivity index (χ3v) is 4.55. The molecule has 0 bridgehead atoms. The fraction of sp³-hybridized carbons (Fsp3) is 0.600. The van der Waals surface area contributed by atoms with Gasteiger partial charge in [-0.25, -0.2) is 0 Å². The Labute approximate surface area is 113 Å². The molecule has 2 unspecified atom stereocenters. The van der Waals surface area contributed by atoms with Crippen molar-refractivity contribution in [3.05, 3.63) is 28.2 Å². The number of hydrogen-bond acceptors (Lipinski definition) is 1. The van der Waals surface area contributed by atoms with Crippen molar-refractivity contribution in [1.82, 2.24) is 0 Å². The topological polar surface area (TPSA) is 12.0 Å². The van der Waals surface area contributed by atoms with E-state index in [1.165, 1.54) is 30.5 Å². The number of hydrogen-bond donors (Lipinski definition) is 1. The maximum Gasteiger partial charge on any atom is 0.0373 e. The van der Waals surface area contributed by atoms with Crippen molar-refractivity contribution in [3.63, 3.8) is 0 Å². The van der Waals surface area contributed by atoms with Gasteiger partial charge in [0.1, 0.15) is 0 Å². The van der Waals surface area contributed by atoms with Crippen molar-refractivity contribution < 1.29 is 0 Å². The third-order valence-electron chi connectivity index (χ3n) is 4.06. The van der Waals surface area contributed by atoms with E-state index in [0.717, 1.165) is 16.3 Å². The summed E-state index contributed by atoms with van der Waals surface area (Å²) in [6.45, 7) is 6.92. The molecule has 2 atom stereocenters. The van der Waals surface area contributed by atoms with E-state index in [1.54, 1.807) is 0 Å². The SMILES string of the molecule is Cc1cc(Br)ccc1NC1C(C)CCCC1C. The molecule has 1 N–H and O–H groups in total. The largest absolute Gasteiger partial charge is 0.382 e. The molecule has 0 saturated heterocycles. The fourth-order valence-corrected chi connectivity index (χ4v) is 3.41. The second kappa shape index (κ2) is 5.43. The molecule has 0 heterocycles. The Kier molecular flexibility index (Phi) is 4.13. The van der Waals surface area contributed by atoms with Crippen molar-refractivity contribution in [3.8, 4) is 0 Å². The van der Waals surface area contributed by atoms with Crippen molar-refractivity contribution in [2.24, 2.45) is 11.8 Å². The molecular weight excluding hydrogens is 274 g/mol. The zero-order valence-electron chi connectivity index (χ0n) is 11.0. The van der Waals surface area contributed by atoms with Gasteiger partial charge in [0.25, 0.3) is 0 Å². The first-order chi connectivity index (χ1) is 8.08. The molecule has 0 aliphatic heterocycles. The van der Waals surface area contributed by atoms with E-state index in [1.807, 2.05) is 0 Å². The first-order valence-corrected chi connectivity index (χ1v) is 7.40. The molecule has 0 amide bonds. The van der Waals surface area contributed by atoms with E-state index in [-0.39, 0.29) is 0 Å². The van der Waals surface area contributed by atoms with Crippen molar-refractivity contribution in [2.75, 3.05) is 5.32 Å². The Bertz CT molecular complexity index is 379. The molecule has 1 aliphatic carbocycles. The molecule has 1 aliphatic rings. The molecule has 94 valence electrons. The molecule has 1 fully saturated rings. The van der Waals surface area contributed by atoms with Gasteiger partial charge in [0.05, 0.1) is 0 Å². The molecule has 0 aromatic heterocycles. The highest BCUT2D eigenvalue weighted by Crippen LogP contribution is 2.32. The minimum Gasteiger partial charge on any atom is -0.382 e. The van der Waals surface area contributed by atoms with Gasteiger partial charge in [-0.05, 0) is 55.4 Å². The van der Waals surface area contributed by atoms with Gasteiger partial charge in [0.15, 0.2) is 0 Å². The van der Waals surface area contributed by atoms with Gasteiger partial charge >= 0.3 is 0 Å². The lowest BCUT2D eigenvalue weighted by Crippen LogP contribution is -2.37. The van der Waals surface area contributed by atoms with Crippen LogP contribution >= 0.6 is 15.9 Å². The standard InChI is InChI=1S/C15H22BrN/c1-10-5-4-6-11(2)15(10)17-14-8-7-13(16)9-12(14)3/h7-11,15,17H,4-6H2,1-3H3. The number of nitrogens with one attached hydrogen (secondary N) is 1. The second-order valence-electron chi connectivity index (χ2n) is 5.51. The first kappa shape index (κ1) is 12.9. The Morgan fingerprint density at radius 1 is 1.18 bits per heavy atom. The summed E-state index contributed by atoms with van der Waals surface area (Å²) < 4.78 is 1.16. The van der Waals surface area contributed by atoms with E-state index in [0.29, 0.717) is 6.04 Å². The summed E-state index contributed by atoms with van der Waals surface area (Å²) in [6.07, 6.45) is 4.11. The summed E-state index contributed by atoms with van der Waals surface area (Å²) in [5, 5.41) is 3.76. The highest BCUT2D eigenvalue weighted by atomic mass is 79.9. The predicted molar refractivity (Wildman–Crippen MR) is 78.5 cm³/mol. The van der Waals surface area contributed by atoms with Gasteiger partial charge in [-0.2, -0.15) is 0 Å². The summed E-state index contributed by atoms with van der Waals surface area (Å²) in [6, 6.07) is 7.12. The number of anilines is 1. The van der Waals surface area contributed by atoms with Crippen molar-refractivity contribution in [2.45, 2.75) is 46.1 Å². The van der Waals surface area contributed by atoms with E-state index in [2.05, 4.69) is 60.2 Å².